The van der Waals surface area contributed by atoms with Gasteiger partial charge in [0.15, 0.2) is 0 Å². The van der Waals surface area contributed by atoms with Crippen molar-refractivity contribution >= 4 is 5.82 Å². The number of pyridine rings is 1. The molecule has 0 amide bonds. The van der Waals surface area contributed by atoms with Gasteiger partial charge in [-0.3, -0.25) is 0 Å². The number of nitrogens with zero attached hydrogens (tertiary/aromatic N) is 2. The highest BCUT2D eigenvalue weighted by atomic mass is 15.0. The van der Waals surface area contributed by atoms with E-state index in [1.165, 1.54) is 12.8 Å². The topological polar surface area (TPSA) is 48.7 Å². The van der Waals surface area contributed by atoms with Crippen molar-refractivity contribution in [3.8, 4) is 6.07 Å². The summed E-state index contributed by atoms with van der Waals surface area (Å²) in [5, 5.41) is 12.0. The van der Waals surface area contributed by atoms with Gasteiger partial charge in [-0.15, -0.1) is 0 Å². The van der Waals surface area contributed by atoms with Crippen LogP contribution in [-0.2, 0) is 0 Å². The van der Waals surface area contributed by atoms with Crippen molar-refractivity contribution in [2.45, 2.75) is 26.7 Å². The van der Waals surface area contributed by atoms with Gasteiger partial charge in [-0.1, -0.05) is 32.8 Å². The molecule has 3 heteroatoms. The molecule has 1 rings (SSSR count). The molecule has 0 unspecified atom stereocenters. The SMILES string of the molecule is CCC(CC)CNc1cccc(C#N)n1. The van der Waals surface area contributed by atoms with E-state index in [1.54, 1.807) is 6.07 Å². The van der Waals surface area contributed by atoms with Gasteiger partial charge in [0.2, 0.25) is 0 Å². The van der Waals surface area contributed by atoms with Crippen LogP contribution in [0.1, 0.15) is 32.4 Å². The highest BCUT2D eigenvalue weighted by Crippen LogP contribution is 2.10. The van der Waals surface area contributed by atoms with Crippen molar-refractivity contribution in [2.75, 3.05) is 11.9 Å². The van der Waals surface area contributed by atoms with Crippen LogP contribution in [0.3, 0.4) is 0 Å². The number of hydrogen-bond acceptors (Lipinski definition) is 3. The average Bonchev–Trinajstić information content (AvgIpc) is 2.31. The Morgan fingerprint density at radius 1 is 1.40 bits per heavy atom. The van der Waals surface area contributed by atoms with Gasteiger partial charge in [-0.05, 0) is 18.1 Å². The fourth-order valence-corrected chi connectivity index (χ4v) is 1.42. The first-order chi connectivity index (χ1) is 7.30. The summed E-state index contributed by atoms with van der Waals surface area (Å²) in [6.07, 6.45) is 2.34. The Kier molecular flexibility index (Phi) is 4.62. The number of rotatable bonds is 5. The van der Waals surface area contributed by atoms with Crippen molar-refractivity contribution < 1.29 is 0 Å². The molecule has 1 N–H and O–H groups in total. The summed E-state index contributed by atoms with van der Waals surface area (Å²) in [6, 6.07) is 7.48. The molecule has 0 fully saturated rings. The molecular formula is C12H17N3. The van der Waals surface area contributed by atoms with E-state index in [4.69, 9.17) is 5.26 Å². The predicted octanol–water partition coefficient (Wildman–Crippen LogP) is 2.80. The van der Waals surface area contributed by atoms with E-state index in [0.29, 0.717) is 11.6 Å². The molecule has 0 aromatic carbocycles. The van der Waals surface area contributed by atoms with Crippen molar-refractivity contribution in [3.05, 3.63) is 23.9 Å². The summed E-state index contributed by atoms with van der Waals surface area (Å²) in [5.41, 5.74) is 0.463. The average molecular weight is 203 g/mol. The fraction of sp³-hybridized carbons (Fsp3) is 0.500. The first kappa shape index (κ1) is 11.5. The zero-order valence-electron chi connectivity index (χ0n) is 9.33. The summed E-state index contributed by atoms with van der Waals surface area (Å²) in [4.78, 5) is 4.16. The van der Waals surface area contributed by atoms with Crippen molar-refractivity contribution in [3.63, 3.8) is 0 Å². The Morgan fingerprint density at radius 2 is 2.13 bits per heavy atom. The van der Waals surface area contributed by atoms with E-state index in [2.05, 4.69) is 24.1 Å². The van der Waals surface area contributed by atoms with Crippen molar-refractivity contribution in [2.24, 2.45) is 5.92 Å². The normalized spacial score (nSPS) is 10.0. The third-order valence-electron chi connectivity index (χ3n) is 2.59. The maximum Gasteiger partial charge on any atom is 0.142 e. The molecule has 0 radical (unpaired) electrons. The van der Waals surface area contributed by atoms with Crippen molar-refractivity contribution in [1.82, 2.24) is 4.98 Å². The minimum Gasteiger partial charge on any atom is -0.370 e. The number of nitrogens with one attached hydrogen (secondary N) is 1. The molecule has 0 spiro atoms. The lowest BCUT2D eigenvalue weighted by Gasteiger charge is -2.13. The second-order valence-corrected chi connectivity index (χ2v) is 3.58. The van der Waals surface area contributed by atoms with Crippen molar-refractivity contribution in [1.29, 1.82) is 5.26 Å². The third-order valence-corrected chi connectivity index (χ3v) is 2.59. The Balaban J connectivity index is 2.54. The summed E-state index contributed by atoms with van der Waals surface area (Å²) < 4.78 is 0. The molecule has 15 heavy (non-hydrogen) atoms. The number of hydrogen-bond donors (Lipinski definition) is 1. The van der Waals surface area contributed by atoms with E-state index in [1.807, 2.05) is 18.2 Å². The molecule has 1 aromatic heterocycles. The minimum atomic E-state index is 0.463. The second-order valence-electron chi connectivity index (χ2n) is 3.58. The van der Waals surface area contributed by atoms with E-state index in [9.17, 15) is 0 Å². The van der Waals surface area contributed by atoms with Crippen LogP contribution in [0.5, 0.6) is 0 Å². The van der Waals surface area contributed by atoms with E-state index in [-0.39, 0.29) is 0 Å². The lowest BCUT2D eigenvalue weighted by molar-refractivity contribution is 0.518. The van der Waals surface area contributed by atoms with Gasteiger partial charge < -0.3 is 5.32 Å². The molecule has 0 aliphatic rings. The Hall–Kier alpha value is -1.56. The summed E-state index contributed by atoms with van der Waals surface area (Å²) >= 11 is 0. The molecule has 0 atom stereocenters. The molecule has 3 nitrogen and oxygen atoms in total. The summed E-state index contributed by atoms with van der Waals surface area (Å²) in [5.74, 6) is 1.47. The Labute approximate surface area is 91.1 Å². The summed E-state index contributed by atoms with van der Waals surface area (Å²) in [6.45, 7) is 5.30. The van der Waals surface area contributed by atoms with E-state index in [0.717, 1.165) is 12.4 Å². The molecule has 0 saturated heterocycles. The molecule has 0 bridgehead atoms. The highest BCUT2D eigenvalue weighted by Gasteiger charge is 2.03. The standard InChI is InChI=1S/C12H17N3/c1-3-10(4-2)9-14-12-7-5-6-11(8-13)15-12/h5-7,10H,3-4,9H2,1-2H3,(H,14,15). The smallest absolute Gasteiger partial charge is 0.142 e. The lowest BCUT2D eigenvalue weighted by atomic mass is 10.0. The zero-order chi connectivity index (χ0) is 11.1. The molecular weight excluding hydrogens is 186 g/mol. The number of aromatic nitrogens is 1. The van der Waals surface area contributed by atoms with E-state index < -0.39 is 0 Å². The first-order valence-electron chi connectivity index (χ1n) is 5.41. The van der Waals surface area contributed by atoms with Crippen LogP contribution in [0.25, 0.3) is 0 Å². The maximum atomic E-state index is 8.69. The summed E-state index contributed by atoms with van der Waals surface area (Å²) in [7, 11) is 0. The van der Waals surface area contributed by atoms with Gasteiger partial charge in [0.25, 0.3) is 0 Å². The quantitative estimate of drug-likeness (QED) is 0.800. The second kappa shape index (κ2) is 6.02. The molecule has 0 aliphatic carbocycles. The fourth-order valence-electron chi connectivity index (χ4n) is 1.42. The van der Waals surface area contributed by atoms with Crippen LogP contribution < -0.4 is 5.32 Å². The molecule has 1 aromatic rings. The monoisotopic (exact) mass is 203 g/mol. The van der Waals surface area contributed by atoms with E-state index >= 15 is 0 Å². The van der Waals surface area contributed by atoms with Crippen LogP contribution in [-0.4, -0.2) is 11.5 Å². The largest absolute Gasteiger partial charge is 0.370 e. The molecule has 80 valence electrons. The zero-order valence-corrected chi connectivity index (χ0v) is 9.33. The molecule has 1 heterocycles. The van der Waals surface area contributed by atoms with Gasteiger partial charge in [0, 0.05) is 6.54 Å². The highest BCUT2D eigenvalue weighted by molar-refractivity contribution is 5.38. The first-order valence-corrected chi connectivity index (χ1v) is 5.41. The number of anilines is 1. The Morgan fingerprint density at radius 3 is 2.73 bits per heavy atom. The van der Waals surface area contributed by atoms with Gasteiger partial charge in [-0.25, -0.2) is 4.98 Å². The third kappa shape index (κ3) is 3.59. The maximum absolute atomic E-state index is 8.69. The van der Waals surface area contributed by atoms with Crippen LogP contribution in [0.4, 0.5) is 5.82 Å². The minimum absolute atomic E-state index is 0.463. The van der Waals surface area contributed by atoms with Crippen LogP contribution in [0.2, 0.25) is 0 Å². The lowest BCUT2D eigenvalue weighted by Crippen LogP contribution is -2.13. The van der Waals surface area contributed by atoms with Gasteiger partial charge in [-0.2, -0.15) is 5.26 Å². The molecule has 0 aliphatic heterocycles. The van der Waals surface area contributed by atoms with Gasteiger partial charge >= 0.3 is 0 Å². The van der Waals surface area contributed by atoms with Gasteiger partial charge in [0.05, 0.1) is 0 Å². The number of nitriles is 1. The van der Waals surface area contributed by atoms with Crippen LogP contribution in [0.15, 0.2) is 18.2 Å². The van der Waals surface area contributed by atoms with Gasteiger partial charge in [0.1, 0.15) is 17.6 Å². The molecule has 0 saturated carbocycles. The van der Waals surface area contributed by atoms with Crippen LogP contribution in [0, 0.1) is 17.2 Å². The Bertz CT molecular complexity index is 337. The van der Waals surface area contributed by atoms with Crippen LogP contribution >= 0.6 is 0 Å². The predicted molar refractivity (Wildman–Crippen MR) is 61.5 cm³/mol.